The summed E-state index contributed by atoms with van der Waals surface area (Å²) in [6.07, 6.45) is -0.641. The van der Waals surface area contributed by atoms with Crippen molar-refractivity contribution in [2.24, 2.45) is 10.9 Å². The molecule has 0 rings (SSSR count). The lowest BCUT2D eigenvalue weighted by atomic mass is 10.1. The number of nitrogens with two attached hydrogens (primary N) is 1. The van der Waals surface area contributed by atoms with Crippen molar-refractivity contribution in [3.05, 3.63) is 20.2 Å². The summed E-state index contributed by atoms with van der Waals surface area (Å²) in [6, 6.07) is 0. The van der Waals surface area contributed by atoms with Crippen molar-refractivity contribution < 1.29 is 15.1 Å². The van der Waals surface area contributed by atoms with Gasteiger partial charge in [-0.05, 0) is 0 Å². The molecule has 0 saturated carbocycles. The Morgan fingerprint density at radius 2 is 1.93 bits per heavy atom. The van der Waals surface area contributed by atoms with Crippen LogP contribution in [0.5, 0.6) is 0 Å². The van der Waals surface area contributed by atoms with Crippen molar-refractivity contribution in [1.29, 1.82) is 0 Å². The van der Waals surface area contributed by atoms with Gasteiger partial charge in [-0.1, -0.05) is 5.16 Å². The van der Waals surface area contributed by atoms with Gasteiger partial charge in [0.25, 0.3) is 0 Å². The molecule has 0 fully saturated rings. The summed E-state index contributed by atoms with van der Waals surface area (Å²) in [6.45, 7) is 0.873. The molecule has 0 heterocycles. The highest BCUT2D eigenvalue weighted by Crippen LogP contribution is 2.16. The number of amidine groups is 1. The SMILES string of the molecule is CC(CC/C(N)=N\O)([N+](=O)[O-])[N+](=O)[O-]. The van der Waals surface area contributed by atoms with Crippen molar-refractivity contribution in [3.8, 4) is 0 Å². The number of hydrogen-bond acceptors (Lipinski definition) is 6. The molecule has 0 aromatic rings. The molecule has 14 heavy (non-hydrogen) atoms. The van der Waals surface area contributed by atoms with Crippen LogP contribution >= 0.6 is 0 Å². The fraction of sp³-hybridized carbons (Fsp3) is 0.800. The van der Waals surface area contributed by atoms with Crippen molar-refractivity contribution in [2.45, 2.75) is 25.4 Å². The highest BCUT2D eigenvalue weighted by atomic mass is 16.7. The summed E-state index contributed by atoms with van der Waals surface area (Å²) in [5.74, 6) is -0.278. The molecule has 0 atom stereocenters. The maximum absolute atomic E-state index is 10.4. The minimum absolute atomic E-state index is 0.213. The Morgan fingerprint density at radius 1 is 1.50 bits per heavy atom. The molecule has 0 aromatic carbocycles. The number of rotatable bonds is 5. The van der Waals surface area contributed by atoms with Gasteiger partial charge >= 0.3 is 5.66 Å². The average molecular weight is 206 g/mol. The van der Waals surface area contributed by atoms with E-state index in [1.807, 2.05) is 0 Å². The topological polar surface area (TPSA) is 145 Å². The molecule has 3 N–H and O–H groups in total. The average Bonchev–Trinajstić information content (AvgIpc) is 2.12. The lowest BCUT2D eigenvalue weighted by molar-refractivity contribution is -0.792. The highest BCUT2D eigenvalue weighted by Gasteiger charge is 2.49. The first-order valence-corrected chi connectivity index (χ1v) is 3.60. The minimum atomic E-state index is -2.30. The molecule has 0 saturated heterocycles. The molecule has 0 aliphatic rings. The number of nitro groups is 2. The molecule has 0 aliphatic carbocycles. The fourth-order valence-electron chi connectivity index (χ4n) is 0.664. The van der Waals surface area contributed by atoms with Crippen LogP contribution in [-0.4, -0.2) is 26.6 Å². The maximum Gasteiger partial charge on any atom is 0.456 e. The Kier molecular flexibility index (Phi) is 3.75. The quantitative estimate of drug-likeness (QED) is 0.159. The standard InChI is InChI=1S/C5H10N4O5/c1-5(8(11)12,9(13)14)3-2-4(6)7-10/h10H,2-3H2,1H3,(H2,6,7). The Morgan fingerprint density at radius 3 is 2.21 bits per heavy atom. The largest absolute Gasteiger partial charge is 0.456 e. The number of hydrogen-bond donors (Lipinski definition) is 2. The Labute approximate surface area is 78.5 Å². The lowest BCUT2D eigenvalue weighted by Gasteiger charge is -2.11. The summed E-state index contributed by atoms with van der Waals surface area (Å²) in [4.78, 5) is 18.8. The lowest BCUT2D eigenvalue weighted by Crippen LogP contribution is -2.43. The maximum atomic E-state index is 10.4. The van der Waals surface area contributed by atoms with Gasteiger partial charge in [0.15, 0.2) is 0 Å². The van der Waals surface area contributed by atoms with E-state index in [4.69, 9.17) is 10.9 Å². The normalized spacial score (nSPS) is 12.5. The van der Waals surface area contributed by atoms with Gasteiger partial charge in [0.2, 0.25) is 0 Å². The van der Waals surface area contributed by atoms with Crippen LogP contribution < -0.4 is 5.73 Å². The zero-order chi connectivity index (χ0) is 11.4. The molecule has 0 unspecified atom stereocenters. The van der Waals surface area contributed by atoms with Crippen LogP contribution in [0.4, 0.5) is 0 Å². The van der Waals surface area contributed by atoms with Gasteiger partial charge in [-0.2, -0.15) is 0 Å². The van der Waals surface area contributed by atoms with E-state index >= 15 is 0 Å². The second-order valence-corrected chi connectivity index (χ2v) is 2.82. The van der Waals surface area contributed by atoms with Gasteiger partial charge in [-0.3, -0.25) is 20.2 Å². The van der Waals surface area contributed by atoms with Crippen LogP contribution in [0.25, 0.3) is 0 Å². The molecule has 9 nitrogen and oxygen atoms in total. The second kappa shape index (κ2) is 4.35. The zero-order valence-electron chi connectivity index (χ0n) is 7.41. The second-order valence-electron chi connectivity index (χ2n) is 2.82. The van der Waals surface area contributed by atoms with Gasteiger partial charge in [0.05, 0.1) is 23.2 Å². The Balaban J connectivity index is 4.56. The highest BCUT2D eigenvalue weighted by molar-refractivity contribution is 5.79. The van der Waals surface area contributed by atoms with E-state index in [0.717, 1.165) is 6.92 Å². The van der Waals surface area contributed by atoms with Crippen molar-refractivity contribution in [2.75, 3.05) is 0 Å². The van der Waals surface area contributed by atoms with Crippen LogP contribution in [0.15, 0.2) is 5.16 Å². The first-order valence-electron chi connectivity index (χ1n) is 3.60. The van der Waals surface area contributed by atoms with E-state index in [1.54, 1.807) is 0 Å². The molecule has 0 aromatic heterocycles. The minimum Gasteiger partial charge on any atom is -0.409 e. The third-order valence-corrected chi connectivity index (χ3v) is 1.77. The van der Waals surface area contributed by atoms with Crippen molar-refractivity contribution in [1.82, 2.24) is 0 Å². The van der Waals surface area contributed by atoms with Crippen molar-refractivity contribution >= 4 is 5.84 Å². The third-order valence-electron chi connectivity index (χ3n) is 1.77. The van der Waals surface area contributed by atoms with Crippen LogP contribution in [0.1, 0.15) is 19.8 Å². The molecule has 0 amide bonds. The number of oxime groups is 1. The first-order chi connectivity index (χ1) is 6.34. The van der Waals surface area contributed by atoms with Gasteiger partial charge in [-0.15, -0.1) is 0 Å². The van der Waals surface area contributed by atoms with Crippen LogP contribution in [0.3, 0.4) is 0 Å². The smallest absolute Gasteiger partial charge is 0.409 e. The van der Waals surface area contributed by atoms with Crippen molar-refractivity contribution in [3.63, 3.8) is 0 Å². The van der Waals surface area contributed by atoms with Crippen LogP contribution in [-0.2, 0) is 0 Å². The molecule has 0 bridgehead atoms. The molecular weight excluding hydrogens is 196 g/mol. The molecular formula is C5H10N4O5. The van der Waals surface area contributed by atoms with E-state index in [9.17, 15) is 20.2 Å². The fourth-order valence-corrected chi connectivity index (χ4v) is 0.664. The molecule has 0 spiro atoms. The van der Waals surface area contributed by atoms with Gasteiger partial charge in [0, 0.05) is 6.42 Å². The predicted molar refractivity (Wildman–Crippen MR) is 45.0 cm³/mol. The summed E-state index contributed by atoms with van der Waals surface area (Å²) in [7, 11) is 0. The third kappa shape index (κ3) is 2.54. The summed E-state index contributed by atoms with van der Waals surface area (Å²) >= 11 is 0. The van der Waals surface area contributed by atoms with Gasteiger partial charge in [0.1, 0.15) is 5.84 Å². The zero-order valence-corrected chi connectivity index (χ0v) is 7.41. The Bertz CT molecular complexity index is 261. The van der Waals surface area contributed by atoms with E-state index in [0.29, 0.717) is 0 Å². The number of nitrogens with zero attached hydrogens (tertiary/aromatic N) is 3. The van der Waals surface area contributed by atoms with E-state index in [-0.39, 0.29) is 12.3 Å². The van der Waals surface area contributed by atoms with E-state index < -0.39 is 21.9 Å². The molecule has 80 valence electrons. The molecule has 0 aliphatic heterocycles. The summed E-state index contributed by atoms with van der Waals surface area (Å²) < 4.78 is 0. The molecule has 0 radical (unpaired) electrons. The monoisotopic (exact) mass is 206 g/mol. The summed E-state index contributed by atoms with van der Waals surface area (Å²) in [5.41, 5.74) is 2.74. The van der Waals surface area contributed by atoms with E-state index in [2.05, 4.69) is 5.16 Å². The summed E-state index contributed by atoms with van der Waals surface area (Å²) in [5, 5.41) is 31.5. The predicted octanol–water partition coefficient (Wildman–Crippen LogP) is -0.217. The van der Waals surface area contributed by atoms with Crippen LogP contribution in [0, 0.1) is 20.2 Å². The van der Waals surface area contributed by atoms with Gasteiger partial charge in [-0.25, -0.2) is 0 Å². The Hall–Kier alpha value is -1.93. The molecule has 9 heteroatoms. The first kappa shape index (κ1) is 12.1. The van der Waals surface area contributed by atoms with Gasteiger partial charge < -0.3 is 10.9 Å². The van der Waals surface area contributed by atoms with E-state index in [1.165, 1.54) is 0 Å². The van der Waals surface area contributed by atoms with Crippen LogP contribution in [0.2, 0.25) is 0 Å².